The monoisotopic (exact) mass is 379 g/mol. The van der Waals surface area contributed by atoms with Gasteiger partial charge in [0.25, 0.3) is 0 Å². The van der Waals surface area contributed by atoms with E-state index in [-0.39, 0.29) is 4.90 Å². The molecule has 25 heavy (non-hydrogen) atoms. The highest BCUT2D eigenvalue weighted by molar-refractivity contribution is 7.89. The topological polar surface area (TPSA) is 62.3 Å². The van der Waals surface area contributed by atoms with Gasteiger partial charge in [-0.3, -0.25) is 9.88 Å². The second-order valence-corrected chi connectivity index (χ2v) is 8.58. The van der Waals surface area contributed by atoms with Gasteiger partial charge in [-0.1, -0.05) is 11.6 Å². The maximum Gasteiger partial charge on any atom is 0.240 e. The number of nitrogens with zero attached hydrogens (tertiary/aromatic N) is 2. The summed E-state index contributed by atoms with van der Waals surface area (Å²) in [5, 5.41) is 0.528. The molecule has 0 spiro atoms. The molecule has 0 atom stereocenters. The molecule has 0 amide bonds. The van der Waals surface area contributed by atoms with Crippen LogP contribution < -0.4 is 4.72 Å². The summed E-state index contributed by atoms with van der Waals surface area (Å²) in [6, 6.07) is 10.3. The zero-order valence-corrected chi connectivity index (χ0v) is 15.5. The number of piperidine rings is 1. The average Bonchev–Trinajstić information content (AvgIpc) is 2.62. The van der Waals surface area contributed by atoms with Gasteiger partial charge in [-0.2, -0.15) is 0 Å². The van der Waals surface area contributed by atoms with Crippen molar-refractivity contribution in [2.45, 2.75) is 24.3 Å². The molecule has 1 aliphatic heterocycles. The largest absolute Gasteiger partial charge is 0.299 e. The van der Waals surface area contributed by atoms with E-state index >= 15 is 0 Å². The summed E-state index contributed by atoms with van der Waals surface area (Å²) in [7, 11) is -3.47. The van der Waals surface area contributed by atoms with Gasteiger partial charge >= 0.3 is 0 Å². The van der Waals surface area contributed by atoms with Crippen LogP contribution in [0, 0.1) is 5.92 Å². The highest BCUT2D eigenvalue weighted by Crippen LogP contribution is 2.19. The molecule has 1 aromatic heterocycles. The van der Waals surface area contributed by atoms with Crippen LogP contribution in [0.25, 0.3) is 0 Å². The maximum atomic E-state index is 12.3. The van der Waals surface area contributed by atoms with E-state index in [1.807, 2.05) is 24.5 Å². The third-order valence-electron chi connectivity index (χ3n) is 4.55. The highest BCUT2D eigenvalue weighted by Gasteiger charge is 2.22. The Morgan fingerprint density at radius 3 is 2.36 bits per heavy atom. The first kappa shape index (κ1) is 18.3. The molecule has 0 radical (unpaired) electrons. The van der Waals surface area contributed by atoms with Crippen LogP contribution in [0.3, 0.4) is 0 Å². The average molecular weight is 380 g/mol. The Balaban J connectivity index is 1.47. The van der Waals surface area contributed by atoms with E-state index in [0.717, 1.165) is 32.5 Å². The number of likely N-dealkylation sites (tertiary alicyclic amines) is 1. The summed E-state index contributed by atoms with van der Waals surface area (Å²) in [6.45, 7) is 3.37. The maximum absolute atomic E-state index is 12.3. The van der Waals surface area contributed by atoms with Gasteiger partial charge < -0.3 is 0 Å². The zero-order chi connectivity index (χ0) is 17.7. The van der Waals surface area contributed by atoms with E-state index in [1.54, 1.807) is 12.1 Å². The Bertz CT molecular complexity index is 774. The van der Waals surface area contributed by atoms with Crippen LogP contribution >= 0.6 is 11.6 Å². The number of aromatic nitrogens is 1. The standard InChI is InChI=1S/C18H22ClN3O2S/c19-17-1-3-18(4-2-17)25(23,24)21-13-15-7-11-22(12-8-15)14-16-5-9-20-10-6-16/h1-6,9-10,15,21H,7-8,11-14H2. The number of rotatable bonds is 6. The van der Waals surface area contributed by atoms with Crippen LogP contribution in [-0.4, -0.2) is 37.9 Å². The van der Waals surface area contributed by atoms with E-state index < -0.39 is 10.0 Å². The Labute approximate surface area is 154 Å². The first-order valence-electron chi connectivity index (χ1n) is 8.39. The summed E-state index contributed by atoms with van der Waals surface area (Å²) in [5.74, 6) is 0.371. The quantitative estimate of drug-likeness (QED) is 0.838. The van der Waals surface area contributed by atoms with Crippen molar-refractivity contribution in [3.63, 3.8) is 0 Å². The van der Waals surface area contributed by atoms with Crippen molar-refractivity contribution < 1.29 is 8.42 Å². The highest BCUT2D eigenvalue weighted by atomic mass is 35.5. The summed E-state index contributed by atoms with van der Waals surface area (Å²) < 4.78 is 27.4. The Kier molecular flexibility index (Phi) is 6.06. The molecule has 1 aliphatic rings. The number of pyridine rings is 1. The van der Waals surface area contributed by atoms with Gasteiger partial charge in [-0.05, 0) is 73.8 Å². The molecule has 1 saturated heterocycles. The Morgan fingerprint density at radius 1 is 1.08 bits per heavy atom. The number of hydrogen-bond donors (Lipinski definition) is 1. The molecule has 2 aromatic rings. The fourth-order valence-corrected chi connectivity index (χ4v) is 4.26. The molecule has 1 aromatic carbocycles. The van der Waals surface area contributed by atoms with Gasteiger partial charge in [0.1, 0.15) is 0 Å². The summed E-state index contributed by atoms with van der Waals surface area (Å²) in [6.07, 6.45) is 5.61. The van der Waals surface area contributed by atoms with E-state index in [2.05, 4.69) is 14.6 Å². The van der Waals surface area contributed by atoms with Crippen LogP contribution in [0.2, 0.25) is 5.02 Å². The second kappa shape index (κ2) is 8.27. The van der Waals surface area contributed by atoms with Crippen LogP contribution in [0.1, 0.15) is 18.4 Å². The van der Waals surface area contributed by atoms with Gasteiger partial charge in [-0.25, -0.2) is 13.1 Å². The minimum atomic E-state index is -3.47. The molecular weight excluding hydrogens is 358 g/mol. The number of sulfonamides is 1. The van der Waals surface area contributed by atoms with Gasteiger partial charge in [0.2, 0.25) is 10.0 Å². The van der Waals surface area contributed by atoms with Crippen LogP contribution in [0.5, 0.6) is 0 Å². The van der Waals surface area contributed by atoms with Crippen molar-refractivity contribution in [2.75, 3.05) is 19.6 Å². The van der Waals surface area contributed by atoms with Crippen molar-refractivity contribution in [2.24, 2.45) is 5.92 Å². The lowest BCUT2D eigenvalue weighted by Gasteiger charge is -2.32. The molecule has 1 fully saturated rings. The minimum Gasteiger partial charge on any atom is -0.299 e. The predicted octanol–water partition coefficient (Wildman–Crippen LogP) is 2.93. The molecule has 7 heteroatoms. The lowest BCUT2D eigenvalue weighted by Crippen LogP contribution is -2.38. The van der Waals surface area contributed by atoms with Crippen LogP contribution in [0.15, 0.2) is 53.7 Å². The minimum absolute atomic E-state index is 0.257. The Hall–Kier alpha value is -1.47. The van der Waals surface area contributed by atoms with E-state index in [9.17, 15) is 8.42 Å². The second-order valence-electron chi connectivity index (χ2n) is 6.38. The number of hydrogen-bond acceptors (Lipinski definition) is 4. The Morgan fingerprint density at radius 2 is 1.72 bits per heavy atom. The lowest BCUT2D eigenvalue weighted by atomic mass is 9.97. The first-order chi connectivity index (χ1) is 12.0. The predicted molar refractivity (Wildman–Crippen MR) is 98.9 cm³/mol. The van der Waals surface area contributed by atoms with Gasteiger partial charge in [0, 0.05) is 30.5 Å². The molecule has 5 nitrogen and oxygen atoms in total. The SMILES string of the molecule is O=S(=O)(NCC1CCN(Cc2ccncc2)CC1)c1ccc(Cl)cc1. The van der Waals surface area contributed by atoms with Crippen molar-refractivity contribution in [3.8, 4) is 0 Å². The molecule has 0 bridgehead atoms. The molecule has 0 unspecified atom stereocenters. The lowest BCUT2D eigenvalue weighted by molar-refractivity contribution is 0.178. The zero-order valence-electron chi connectivity index (χ0n) is 13.9. The molecule has 2 heterocycles. The number of benzene rings is 1. The smallest absolute Gasteiger partial charge is 0.240 e. The van der Waals surface area contributed by atoms with Crippen LogP contribution in [-0.2, 0) is 16.6 Å². The number of nitrogens with one attached hydrogen (secondary N) is 1. The van der Waals surface area contributed by atoms with Crippen molar-refractivity contribution in [1.29, 1.82) is 0 Å². The summed E-state index contributed by atoms with van der Waals surface area (Å²) in [4.78, 5) is 6.70. The van der Waals surface area contributed by atoms with Crippen molar-refractivity contribution >= 4 is 21.6 Å². The van der Waals surface area contributed by atoms with Gasteiger partial charge in [0.05, 0.1) is 4.90 Å². The number of halogens is 1. The normalized spacial score (nSPS) is 16.8. The molecule has 3 rings (SSSR count). The van der Waals surface area contributed by atoms with E-state index in [4.69, 9.17) is 11.6 Å². The fraction of sp³-hybridized carbons (Fsp3) is 0.389. The first-order valence-corrected chi connectivity index (χ1v) is 10.3. The third-order valence-corrected chi connectivity index (χ3v) is 6.24. The summed E-state index contributed by atoms with van der Waals surface area (Å²) >= 11 is 5.81. The van der Waals surface area contributed by atoms with Crippen molar-refractivity contribution in [3.05, 3.63) is 59.4 Å². The molecule has 1 N–H and O–H groups in total. The van der Waals surface area contributed by atoms with Gasteiger partial charge in [0.15, 0.2) is 0 Å². The molecule has 0 saturated carbocycles. The van der Waals surface area contributed by atoms with E-state index in [0.29, 0.717) is 17.5 Å². The van der Waals surface area contributed by atoms with Crippen LogP contribution in [0.4, 0.5) is 0 Å². The third kappa shape index (κ3) is 5.25. The van der Waals surface area contributed by atoms with E-state index in [1.165, 1.54) is 17.7 Å². The van der Waals surface area contributed by atoms with Crippen molar-refractivity contribution in [1.82, 2.24) is 14.6 Å². The fourth-order valence-electron chi connectivity index (χ4n) is 3.02. The summed E-state index contributed by atoms with van der Waals surface area (Å²) in [5.41, 5.74) is 1.26. The molecule has 134 valence electrons. The van der Waals surface area contributed by atoms with Gasteiger partial charge in [-0.15, -0.1) is 0 Å². The molecular formula is C18H22ClN3O2S. The molecule has 0 aliphatic carbocycles.